The molecule has 1 aliphatic rings. The molecule has 7 heteroatoms. The fourth-order valence-corrected chi connectivity index (χ4v) is 2.69. The van der Waals surface area contributed by atoms with E-state index < -0.39 is 0 Å². The van der Waals surface area contributed by atoms with Crippen LogP contribution in [0.25, 0.3) is 0 Å². The fourth-order valence-electron chi connectivity index (χ4n) is 2.69. The number of nitrogens with zero attached hydrogens (tertiary/aromatic N) is 3. The Bertz CT molecular complexity index is 698. The number of benzene rings is 1. The van der Waals surface area contributed by atoms with Crippen LogP contribution in [0.4, 0.5) is 0 Å². The first-order valence-corrected chi connectivity index (χ1v) is 7.41. The van der Waals surface area contributed by atoms with Gasteiger partial charge in [-0.05, 0) is 19.1 Å². The molecule has 0 spiro atoms. The van der Waals surface area contributed by atoms with Gasteiger partial charge in [-0.2, -0.15) is 5.10 Å². The second-order valence-electron chi connectivity index (χ2n) is 5.47. The van der Waals surface area contributed by atoms with Gasteiger partial charge in [-0.15, -0.1) is 24.0 Å². The zero-order valence-electron chi connectivity index (χ0n) is 13.3. The summed E-state index contributed by atoms with van der Waals surface area (Å²) in [4.78, 5) is 4.42. The van der Waals surface area contributed by atoms with Crippen molar-refractivity contribution < 1.29 is 4.74 Å². The van der Waals surface area contributed by atoms with Gasteiger partial charge in [0.05, 0.1) is 30.6 Å². The molecule has 6 nitrogen and oxygen atoms in total. The van der Waals surface area contributed by atoms with Crippen LogP contribution in [0.3, 0.4) is 0 Å². The maximum absolute atomic E-state index is 6.03. The van der Waals surface area contributed by atoms with Crippen LogP contribution in [0.15, 0.2) is 35.3 Å². The van der Waals surface area contributed by atoms with Crippen molar-refractivity contribution in [3.63, 3.8) is 0 Å². The Morgan fingerprint density at radius 2 is 2.26 bits per heavy atom. The lowest BCUT2D eigenvalue weighted by Crippen LogP contribution is -2.37. The van der Waals surface area contributed by atoms with E-state index in [0.717, 1.165) is 29.1 Å². The molecule has 3 rings (SSSR count). The van der Waals surface area contributed by atoms with E-state index in [1.54, 1.807) is 0 Å². The van der Waals surface area contributed by atoms with Crippen LogP contribution in [0.1, 0.15) is 29.4 Å². The minimum atomic E-state index is 0. The van der Waals surface area contributed by atoms with Crippen LogP contribution in [0.2, 0.25) is 0 Å². The van der Waals surface area contributed by atoms with Gasteiger partial charge >= 0.3 is 0 Å². The van der Waals surface area contributed by atoms with Gasteiger partial charge in [-0.3, -0.25) is 4.68 Å². The van der Waals surface area contributed by atoms with E-state index in [0.29, 0.717) is 19.1 Å². The van der Waals surface area contributed by atoms with Gasteiger partial charge in [0.15, 0.2) is 5.96 Å². The molecule has 1 aromatic heterocycles. The minimum Gasteiger partial charge on any atom is -0.493 e. The summed E-state index contributed by atoms with van der Waals surface area (Å²) in [5.41, 5.74) is 9.18. The van der Waals surface area contributed by atoms with Crippen molar-refractivity contribution in [3.8, 4) is 5.75 Å². The zero-order valence-corrected chi connectivity index (χ0v) is 15.7. The summed E-state index contributed by atoms with van der Waals surface area (Å²) in [6.45, 7) is 3.16. The van der Waals surface area contributed by atoms with E-state index in [1.165, 1.54) is 0 Å². The molecule has 1 aromatic carbocycles. The van der Waals surface area contributed by atoms with Crippen LogP contribution in [-0.2, 0) is 13.6 Å². The van der Waals surface area contributed by atoms with Crippen molar-refractivity contribution in [2.24, 2.45) is 17.8 Å². The lowest BCUT2D eigenvalue weighted by molar-refractivity contribution is 0.262. The van der Waals surface area contributed by atoms with Crippen LogP contribution < -0.4 is 15.8 Å². The Kier molecular flexibility index (Phi) is 5.86. The third-order valence-corrected chi connectivity index (χ3v) is 3.79. The number of hydrogen-bond donors (Lipinski definition) is 2. The Morgan fingerprint density at radius 3 is 3.00 bits per heavy atom. The predicted octanol–water partition coefficient (Wildman–Crippen LogP) is 2.27. The van der Waals surface area contributed by atoms with Crippen molar-refractivity contribution in [3.05, 3.63) is 47.3 Å². The lowest BCUT2D eigenvalue weighted by atomic mass is 10.0. The molecule has 0 radical (unpaired) electrons. The molecule has 2 heterocycles. The highest BCUT2D eigenvalue weighted by Gasteiger charge is 2.21. The van der Waals surface area contributed by atoms with Crippen LogP contribution >= 0.6 is 24.0 Å². The fraction of sp³-hybridized carbons (Fsp3) is 0.375. The number of aromatic nitrogens is 2. The summed E-state index contributed by atoms with van der Waals surface area (Å²) in [5, 5.41) is 7.59. The minimum absolute atomic E-state index is 0. The van der Waals surface area contributed by atoms with Gasteiger partial charge in [0.25, 0.3) is 0 Å². The molecule has 0 aliphatic carbocycles. The number of halogens is 1. The Labute approximate surface area is 153 Å². The molecule has 1 atom stereocenters. The highest BCUT2D eigenvalue weighted by molar-refractivity contribution is 14.0. The maximum Gasteiger partial charge on any atom is 0.189 e. The zero-order chi connectivity index (χ0) is 15.5. The molecule has 0 saturated carbocycles. The van der Waals surface area contributed by atoms with Crippen LogP contribution in [0.5, 0.6) is 5.75 Å². The number of guanidine groups is 1. The van der Waals surface area contributed by atoms with Crippen LogP contribution in [0, 0.1) is 6.92 Å². The first kappa shape index (κ1) is 17.6. The van der Waals surface area contributed by atoms with Gasteiger partial charge in [0.1, 0.15) is 5.75 Å². The SMILES string of the molecule is Cc1cc(CN=C(N)NC2CCOc3ccccc32)n(C)n1.I. The number of nitrogens with two attached hydrogens (primary N) is 1. The van der Waals surface area contributed by atoms with Gasteiger partial charge in [-0.25, -0.2) is 4.99 Å². The Balaban J connectivity index is 0.00000192. The highest BCUT2D eigenvalue weighted by Crippen LogP contribution is 2.31. The van der Waals surface area contributed by atoms with Crippen LogP contribution in [-0.4, -0.2) is 22.3 Å². The largest absolute Gasteiger partial charge is 0.493 e. The van der Waals surface area contributed by atoms with Gasteiger partial charge in [0.2, 0.25) is 0 Å². The van der Waals surface area contributed by atoms with Gasteiger partial charge in [0, 0.05) is 19.0 Å². The second kappa shape index (κ2) is 7.67. The van der Waals surface area contributed by atoms with E-state index in [-0.39, 0.29) is 30.0 Å². The van der Waals surface area contributed by atoms with E-state index >= 15 is 0 Å². The van der Waals surface area contributed by atoms with Crippen molar-refractivity contribution in [2.45, 2.75) is 25.9 Å². The van der Waals surface area contributed by atoms with Gasteiger partial charge < -0.3 is 15.8 Å². The number of para-hydroxylation sites is 1. The third kappa shape index (κ3) is 4.15. The van der Waals surface area contributed by atoms with E-state index in [9.17, 15) is 0 Å². The normalized spacial score (nSPS) is 17.0. The Hall–Kier alpha value is -1.77. The molecule has 23 heavy (non-hydrogen) atoms. The third-order valence-electron chi connectivity index (χ3n) is 3.79. The summed E-state index contributed by atoms with van der Waals surface area (Å²) in [5.74, 6) is 1.36. The summed E-state index contributed by atoms with van der Waals surface area (Å²) in [6.07, 6.45) is 0.873. The number of aryl methyl sites for hydroxylation is 2. The van der Waals surface area contributed by atoms with Crippen molar-refractivity contribution in [1.29, 1.82) is 0 Å². The molecule has 1 aliphatic heterocycles. The van der Waals surface area contributed by atoms with E-state index in [2.05, 4.69) is 21.5 Å². The predicted molar refractivity (Wildman–Crippen MR) is 101 cm³/mol. The summed E-state index contributed by atoms with van der Waals surface area (Å²) >= 11 is 0. The molecule has 1 unspecified atom stereocenters. The molecule has 124 valence electrons. The highest BCUT2D eigenvalue weighted by atomic mass is 127. The Morgan fingerprint density at radius 1 is 1.48 bits per heavy atom. The number of ether oxygens (including phenoxy) is 1. The number of rotatable bonds is 3. The summed E-state index contributed by atoms with van der Waals surface area (Å²) in [6, 6.07) is 10.2. The molecule has 0 bridgehead atoms. The van der Waals surface area contributed by atoms with Crippen molar-refractivity contribution >= 4 is 29.9 Å². The number of nitrogens with one attached hydrogen (secondary N) is 1. The van der Waals surface area contributed by atoms with Crippen molar-refractivity contribution in [2.75, 3.05) is 6.61 Å². The summed E-state index contributed by atoms with van der Waals surface area (Å²) in [7, 11) is 1.91. The molecule has 3 N–H and O–H groups in total. The van der Waals surface area contributed by atoms with Crippen molar-refractivity contribution in [1.82, 2.24) is 15.1 Å². The monoisotopic (exact) mass is 427 g/mol. The number of fused-ring (bicyclic) bond motifs is 1. The van der Waals surface area contributed by atoms with Gasteiger partial charge in [-0.1, -0.05) is 18.2 Å². The lowest BCUT2D eigenvalue weighted by Gasteiger charge is -2.26. The molecule has 0 saturated heterocycles. The average molecular weight is 427 g/mol. The number of aliphatic imine (C=N–C) groups is 1. The molecular weight excluding hydrogens is 405 g/mol. The second-order valence-corrected chi connectivity index (χ2v) is 5.47. The molecule has 0 fully saturated rings. The average Bonchev–Trinajstić information content (AvgIpc) is 2.83. The van der Waals surface area contributed by atoms with E-state index in [1.807, 2.05) is 42.9 Å². The molecular formula is C16H22IN5O. The van der Waals surface area contributed by atoms with E-state index in [4.69, 9.17) is 10.5 Å². The topological polar surface area (TPSA) is 77.5 Å². The molecule has 2 aromatic rings. The summed E-state index contributed by atoms with van der Waals surface area (Å²) < 4.78 is 7.48. The number of hydrogen-bond acceptors (Lipinski definition) is 3. The standard InChI is InChI=1S/C16H21N5O.HI/c1-11-9-12(21(2)20-11)10-18-16(17)19-14-7-8-22-15-6-4-3-5-13(14)15;/h3-6,9,14H,7-8,10H2,1-2H3,(H3,17,18,19);1H. The first-order chi connectivity index (χ1) is 10.6. The smallest absolute Gasteiger partial charge is 0.189 e. The first-order valence-electron chi connectivity index (χ1n) is 7.41. The maximum atomic E-state index is 6.03. The molecule has 0 amide bonds. The quantitative estimate of drug-likeness (QED) is 0.448.